The number of aryl methyl sites for hydroxylation is 1. The second-order valence-electron chi connectivity index (χ2n) is 6.62. The fraction of sp³-hybridized carbons (Fsp3) is 0.200. The van der Waals surface area contributed by atoms with Crippen molar-refractivity contribution in [1.29, 1.82) is 0 Å². The van der Waals surface area contributed by atoms with Crippen LogP contribution >= 0.6 is 0 Å². The highest BCUT2D eigenvalue weighted by Crippen LogP contribution is 2.30. The molecule has 6 nitrogen and oxygen atoms in total. The summed E-state index contributed by atoms with van der Waals surface area (Å²) in [6.45, 7) is 6.12. The van der Waals surface area contributed by atoms with Gasteiger partial charge in [-0.25, -0.2) is 9.59 Å². The predicted molar refractivity (Wildman–Crippen MR) is 116 cm³/mol. The maximum atomic E-state index is 11.7. The maximum absolute atomic E-state index is 11.7. The predicted octanol–water partition coefficient (Wildman–Crippen LogP) is 5.93. The number of rotatable bonds is 8. The third-order valence-electron chi connectivity index (χ3n) is 4.34. The van der Waals surface area contributed by atoms with Gasteiger partial charge in [0.1, 0.15) is 23.0 Å². The molecule has 0 saturated carbocycles. The van der Waals surface area contributed by atoms with Crippen molar-refractivity contribution in [3.63, 3.8) is 0 Å². The molecule has 0 aliphatic heterocycles. The Hall–Kier alpha value is -3.80. The summed E-state index contributed by atoms with van der Waals surface area (Å²) in [4.78, 5) is 23.5. The summed E-state index contributed by atoms with van der Waals surface area (Å²) in [7, 11) is 0. The van der Waals surface area contributed by atoms with E-state index in [0.29, 0.717) is 47.3 Å². The van der Waals surface area contributed by atoms with Crippen LogP contribution in [0.25, 0.3) is 0 Å². The monoisotopic (exact) mass is 420 g/mol. The molecule has 0 N–H and O–H groups in total. The largest absolute Gasteiger partial charge is 0.462 e. The minimum absolute atomic E-state index is 0.334. The van der Waals surface area contributed by atoms with Gasteiger partial charge in [-0.1, -0.05) is 0 Å². The summed E-state index contributed by atoms with van der Waals surface area (Å²) in [6, 6.07) is 19.0. The van der Waals surface area contributed by atoms with Crippen LogP contribution in [0.5, 0.6) is 23.0 Å². The third-order valence-corrected chi connectivity index (χ3v) is 4.34. The van der Waals surface area contributed by atoms with E-state index in [-0.39, 0.29) is 11.9 Å². The number of esters is 2. The summed E-state index contributed by atoms with van der Waals surface area (Å²) in [5, 5.41) is 0. The number of hydrogen-bond donors (Lipinski definition) is 0. The van der Waals surface area contributed by atoms with Gasteiger partial charge in [0.15, 0.2) is 0 Å². The van der Waals surface area contributed by atoms with Gasteiger partial charge in [-0.3, -0.25) is 0 Å². The van der Waals surface area contributed by atoms with Gasteiger partial charge < -0.3 is 18.9 Å². The number of carbonyl (C=O) groups excluding carboxylic acids is 2. The van der Waals surface area contributed by atoms with Crippen LogP contribution in [0.4, 0.5) is 0 Å². The average molecular weight is 420 g/mol. The molecule has 0 fully saturated rings. The molecular formula is C25H24O6. The van der Waals surface area contributed by atoms with E-state index in [1.807, 2.05) is 19.1 Å². The van der Waals surface area contributed by atoms with Crippen molar-refractivity contribution in [2.24, 2.45) is 0 Å². The van der Waals surface area contributed by atoms with Crippen LogP contribution in [0, 0.1) is 6.92 Å². The molecule has 3 aromatic carbocycles. The molecule has 3 rings (SSSR count). The smallest absolute Gasteiger partial charge is 0.338 e. The summed E-state index contributed by atoms with van der Waals surface area (Å²) >= 11 is 0. The van der Waals surface area contributed by atoms with E-state index in [1.54, 1.807) is 68.4 Å². The second-order valence-corrected chi connectivity index (χ2v) is 6.62. The Bertz CT molecular complexity index is 1040. The molecule has 0 radical (unpaired) electrons. The first-order chi connectivity index (χ1) is 15.0. The van der Waals surface area contributed by atoms with Crippen LogP contribution in [0.3, 0.4) is 0 Å². The topological polar surface area (TPSA) is 71.1 Å². The Labute approximate surface area is 181 Å². The van der Waals surface area contributed by atoms with Gasteiger partial charge in [-0.2, -0.15) is 0 Å². The minimum atomic E-state index is -0.360. The van der Waals surface area contributed by atoms with Crippen molar-refractivity contribution in [1.82, 2.24) is 0 Å². The van der Waals surface area contributed by atoms with Crippen molar-refractivity contribution in [3.8, 4) is 23.0 Å². The lowest BCUT2D eigenvalue weighted by Gasteiger charge is -2.12. The summed E-state index contributed by atoms with van der Waals surface area (Å²) in [5.41, 5.74) is 1.84. The normalized spacial score (nSPS) is 10.3. The first kappa shape index (κ1) is 21.9. The molecule has 0 heterocycles. The zero-order valence-electron chi connectivity index (χ0n) is 17.7. The lowest BCUT2D eigenvalue weighted by Crippen LogP contribution is -2.04. The Kier molecular flexibility index (Phi) is 7.27. The van der Waals surface area contributed by atoms with E-state index in [0.717, 1.165) is 5.56 Å². The van der Waals surface area contributed by atoms with Crippen LogP contribution in [-0.4, -0.2) is 25.2 Å². The van der Waals surface area contributed by atoms with Gasteiger partial charge in [0.2, 0.25) is 0 Å². The highest BCUT2D eigenvalue weighted by molar-refractivity contribution is 5.90. The molecule has 0 aliphatic carbocycles. The zero-order valence-corrected chi connectivity index (χ0v) is 17.7. The van der Waals surface area contributed by atoms with Crippen molar-refractivity contribution in [2.45, 2.75) is 20.8 Å². The Morgan fingerprint density at radius 2 is 1.10 bits per heavy atom. The highest BCUT2D eigenvalue weighted by atomic mass is 16.5. The van der Waals surface area contributed by atoms with Crippen LogP contribution in [0.15, 0.2) is 66.7 Å². The van der Waals surface area contributed by atoms with Crippen molar-refractivity contribution in [3.05, 3.63) is 83.4 Å². The average Bonchev–Trinajstić information content (AvgIpc) is 2.77. The van der Waals surface area contributed by atoms with Crippen LogP contribution in [-0.2, 0) is 9.47 Å². The molecule has 0 spiro atoms. The zero-order chi connectivity index (χ0) is 22.2. The van der Waals surface area contributed by atoms with Gasteiger partial charge in [0.25, 0.3) is 0 Å². The molecule has 6 heteroatoms. The number of hydrogen-bond acceptors (Lipinski definition) is 6. The van der Waals surface area contributed by atoms with E-state index in [1.165, 1.54) is 0 Å². The second kappa shape index (κ2) is 10.3. The van der Waals surface area contributed by atoms with Gasteiger partial charge in [-0.05, 0) is 93.1 Å². The van der Waals surface area contributed by atoms with Gasteiger partial charge in [0, 0.05) is 0 Å². The number of carbonyl (C=O) groups is 2. The molecule has 0 saturated heterocycles. The Balaban J connectivity index is 1.65. The standard InChI is InChI=1S/C25H24O6/c1-4-28-24(26)18-6-10-20(11-7-18)30-22-14-15-23(17(3)16-22)31-21-12-8-19(9-13-21)25(27)29-5-2/h6-16H,4-5H2,1-3H3. The molecular weight excluding hydrogens is 396 g/mol. The van der Waals surface area contributed by atoms with Crippen LogP contribution in [0.1, 0.15) is 40.1 Å². The van der Waals surface area contributed by atoms with E-state index >= 15 is 0 Å². The number of benzene rings is 3. The molecule has 0 aromatic heterocycles. The highest BCUT2D eigenvalue weighted by Gasteiger charge is 2.09. The fourth-order valence-electron chi connectivity index (χ4n) is 2.81. The molecule has 0 unspecified atom stereocenters. The first-order valence-electron chi connectivity index (χ1n) is 10.0. The fourth-order valence-corrected chi connectivity index (χ4v) is 2.81. The molecule has 0 atom stereocenters. The van der Waals surface area contributed by atoms with Crippen LogP contribution in [0.2, 0.25) is 0 Å². The maximum Gasteiger partial charge on any atom is 0.338 e. The van der Waals surface area contributed by atoms with Crippen molar-refractivity contribution < 1.29 is 28.5 Å². The van der Waals surface area contributed by atoms with Crippen molar-refractivity contribution in [2.75, 3.05) is 13.2 Å². The number of ether oxygens (including phenoxy) is 4. The molecule has 160 valence electrons. The molecule has 31 heavy (non-hydrogen) atoms. The molecule has 0 bridgehead atoms. The SMILES string of the molecule is CCOC(=O)c1ccc(Oc2ccc(Oc3ccc(C(=O)OCC)cc3)c(C)c2)cc1. The van der Waals surface area contributed by atoms with Gasteiger partial charge in [0.05, 0.1) is 24.3 Å². The lowest BCUT2D eigenvalue weighted by atomic mass is 10.2. The third kappa shape index (κ3) is 5.85. The van der Waals surface area contributed by atoms with Crippen LogP contribution < -0.4 is 9.47 Å². The molecule has 0 amide bonds. The van der Waals surface area contributed by atoms with E-state index in [4.69, 9.17) is 18.9 Å². The van der Waals surface area contributed by atoms with Gasteiger partial charge in [-0.15, -0.1) is 0 Å². The molecule has 0 aliphatic rings. The summed E-state index contributed by atoms with van der Waals surface area (Å²) < 4.78 is 21.7. The first-order valence-corrected chi connectivity index (χ1v) is 10.0. The minimum Gasteiger partial charge on any atom is -0.462 e. The summed E-state index contributed by atoms with van der Waals surface area (Å²) in [5.74, 6) is 1.82. The molecule has 3 aromatic rings. The quantitative estimate of drug-likeness (QED) is 0.421. The van der Waals surface area contributed by atoms with Gasteiger partial charge >= 0.3 is 11.9 Å². The summed E-state index contributed by atoms with van der Waals surface area (Å²) in [6.07, 6.45) is 0. The Morgan fingerprint density at radius 1 is 0.645 bits per heavy atom. The van der Waals surface area contributed by atoms with Crippen molar-refractivity contribution >= 4 is 11.9 Å². The van der Waals surface area contributed by atoms with E-state index < -0.39 is 0 Å². The van der Waals surface area contributed by atoms with E-state index in [2.05, 4.69) is 0 Å². The lowest BCUT2D eigenvalue weighted by molar-refractivity contribution is 0.0516. The van der Waals surface area contributed by atoms with E-state index in [9.17, 15) is 9.59 Å². The Morgan fingerprint density at radius 3 is 1.55 bits per heavy atom.